The first-order valence-electron chi connectivity index (χ1n) is 10.9. The van der Waals surface area contributed by atoms with Gasteiger partial charge in [0.05, 0.1) is 41.9 Å². The van der Waals surface area contributed by atoms with E-state index in [4.69, 9.17) is 37.4 Å². The topological polar surface area (TPSA) is 111 Å². The summed E-state index contributed by atoms with van der Waals surface area (Å²) in [5, 5.41) is 5.83. The van der Waals surface area contributed by atoms with Gasteiger partial charge in [-0.05, 0) is 24.3 Å². The van der Waals surface area contributed by atoms with E-state index in [1.54, 1.807) is 30.3 Å². The number of rotatable bonds is 8. The fraction of sp³-hybridized carbons (Fsp3) is 0.200. The largest absolute Gasteiger partial charge is 0.496 e. The molecule has 0 aliphatic carbocycles. The number of hydrogen-bond acceptors (Lipinski definition) is 7. The Morgan fingerprint density at radius 3 is 2.70 bits per heavy atom. The molecule has 0 saturated heterocycles. The lowest BCUT2D eigenvalue weighted by molar-refractivity contribution is -0.117. The molecule has 2 aromatic carbocycles. The fourth-order valence-corrected chi connectivity index (χ4v) is 4.19. The minimum atomic E-state index is -1.43. The van der Waals surface area contributed by atoms with E-state index in [0.717, 1.165) is 12.3 Å². The number of carbonyl (C=O) groups is 2. The number of benzene rings is 2. The molecule has 1 atom stereocenters. The van der Waals surface area contributed by atoms with Crippen LogP contribution in [0.5, 0.6) is 11.6 Å². The number of fused-ring (bicyclic) bond motifs is 1. The monoisotopic (exact) mass is 546 g/mol. The third-order valence-electron chi connectivity index (χ3n) is 5.28. The number of halogens is 3. The van der Waals surface area contributed by atoms with Crippen LogP contribution < -0.4 is 20.1 Å². The third kappa shape index (κ3) is 5.82. The molecule has 1 unspecified atom stereocenters. The molecule has 192 valence electrons. The zero-order chi connectivity index (χ0) is 26.5. The highest BCUT2D eigenvalue weighted by Crippen LogP contribution is 2.35. The lowest BCUT2D eigenvalue weighted by Gasteiger charge is -2.16. The van der Waals surface area contributed by atoms with E-state index in [-0.39, 0.29) is 35.4 Å². The predicted molar refractivity (Wildman–Crippen MR) is 137 cm³/mol. The van der Waals surface area contributed by atoms with E-state index < -0.39 is 23.8 Å². The molecule has 1 aromatic heterocycles. The summed E-state index contributed by atoms with van der Waals surface area (Å²) in [6.45, 7) is 0.298. The van der Waals surface area contributed by atoms with Gasteiger partial charge in [-0.2, -0.15) is 0 Å². The first-order chi connectivity index (χ1) is 17.8. The number of carbonyl (C=O) groups excluding carboxylic acids is 2. The number of aliphatic imine (C=N–C) groups is 1. The standard InChI is InChI=1S/C25H21Cl2FN4O5/c1-35-7-8-37-25-16(11-14(28)12-29-25)23(33)32-22-24(34)30-18-6-4-3-5-15(18)21(31-22)20-17(27)9-13(26)10-19(20)36-2/h3-6,9-12,22H,7-8H2,1-2H3,(H,30,34)(H,32,33). The summed E-state index contributed by atoms with van der Waals surface area (Å²) in [6, 6.07) is 10.9. The first-order valence-corrected chi connectivity index (χ1v) is 11.7. The minimum Gasteiger partial charge on any atom is -0.496 e. The van der Waals surface area contributed by atoms with Gasteiger partial charge in [0.15, 0.2) is 0 Å². The Morgan fingerprint density at radius 1 is 1.16 bits per heavy atom. The van der Waals surface area contributed by atoms with Crippen LogP contribution in [0, 0.1) is 5.82 Å². The number of amides is 2. The summed E-state index contributed by atoms with van der Waals surface area (Å²) in [7, 11) is 2.93. The molecule has 2 heterocycles. The molecule has 0 fully saturated rings. The number of benzodiazepines with no additional fused rings is 1. The molecule has 0 saturated carbocycles. The maximum atomic E-state index is 14.0. The Bertz CT molecular complexity index is 1390. The van der Waals surface area contributed by atoms with Crippen LogP contribution in [0.4, 0.5) is 10.1 Å². The van der Waals surface area contributed by atoms with Crippen molar-refractivity contribution in [3.8, 4) is 11.6 Å². The molecule has 2 amide bonds. The maximum absolute atomic E-state index is 14.0. The highest BCUT2D eigenvalue weighted by atomic mass is 35.5. The second kappa shape index (κ2) is 11.5. The fourth-order valence-electron chi connectivity index (χ4n) is 3.62. The van der Waals surface area contributed by atoms with Crippen LogP contribution in [0.3, 0.4) is 0 Å². The van der Waals surface area contributed by atoms with Crippen LogP contribution in [-0.4, -0.2) is 56.1 Å². The number of pyridine rings is 1. The lowest BCUT2D eigenvalue weighted by Crippen LogP contribution is -2.42. The summed E-state index contributed by atoms with van der Waals surface area (Å²) in [6.07, 6.45) is -0.514. The maximum Gasteiger partial charge on any atom is 0.269 e. The molecular formula is C25H21Cl2FN4O5. The van der Waals surface area contributed by atoms with Gasteiger partial charge < -0.3 is 24.8 Å². The van der Waals surface area contributed by atoms with Crippen LogP contribution >= 0.6 is 23.2 Å². The van der Waals surface area contributed by atoms with Gasteiger partial charge in [0.2, 0.25) is 12.0 Å². The minimum absolute atomic E-state index is 0.0752. The van der Waals surface area contributed by atoms with Gasteiger partial charge in [0, 0.05) is 17.7 Å². The average molecular weight is 547 g/mol. The smallest absolute Gasteiger partial charge is 0.269 e. The third-order valence-corrected chi connectivity index (χ3v) is 5.79. The molecule has 0 spiro atoms. The number of ether oxygens (including phenoxy) is 3. The summed E-state index contributed by atoms with van der Waals surface area (Å²) < 4.78 is 29.8. The number of anilines is 1. The van der Waals surface area contributed by atoms with Gasteiger partial charge in [-0.25, -0.2) is 14.4 Å². The molecule has 9 nitrogen and oxygen atoms in total. The summed E-state index contributed by atoms with van der Waals surface area (Å²) >= 11 is 12.7. The van der Waals surface area contributed by atoms with E-state index in [1.807, 2.05) is 0 Å². The van der Waals surface area contributed by atoms with E-state index in [9.17, 15) is 14.0 Å². The SMILES string of the molecule is COCCOc1ncc(F)cc1C(=O)NC1N=C(c2c(Cl)cc(Cl)cc2OC)c2ccccc2NC1=O. The Labute approximate surface area is 221 Å². The second-order valence-corrected chi connectivity index (χ2v) is 8.54. The Kier molecular flexibility index (Phi) is 8.22. The quantitative estimate of drug-likeness (QED) is 0.411. The number of para-hydroxylation sites is 1. The second-order valence-electron chi connectivity index (χ2n) is 7.70. The zero-order valence-electron chi connectivity index (χ0n) is 19.7. The van der Waals surface area contributed by atoms with Crippen molar-refractivity contribution in [1.29, 1.82) is 0 Å². The van der Waals surface area contributed by atoms with Crippen LogP contribution in [0.1, 0.15) is 21.5 Å². The van der Waals surface area contributed by atoms with E-state index in [2.05, 4.69) is 20.6 Å². The number of nitrogens with one attached hydrogen (secondary N) is 2. The molecule has 4 rings (SSSR count). The van der Waals surface area contributed by atoms with E-state index >= 15 is 0 Å². The Balaban J connectivity index is 1.77. The molecule has 12 heteroatoms. The molecule has 2 N–H and O–H groups in total. The highest BCUT2D eigenvalue weighted by molar-refractivity contribution is 6.39. The van der Waals surface area contributed by atoms with Gasteiger partial charge >= 0.3 is 0 Å². The van der Waals surface area contributed by atoms with Crippen LogP contribution in [0.15, 0.2) is 53.7 Å². The molecule has 1 aliphatic heterocycles. The number of aromatic nitrogens is 1. The summed E-state index contributed by atoms with van der Waals surface area (Å²) in [5.41, 5.74) is 1.39. The lowest BCUT2D eigenvalue weighted by atomic mass is 9.99. The average Bonchev–Trinajstić information content (AvgIpc) is 3.00. The van der Waals surface area contributed by atoms with Gasteiger partial charge in [-0.3, -0.25) is 9.59 Å². The molecule has 3 aromatic rings. The van der Waals surface area contributed by atoms with Crippen molar-refractivity contribution in [1.82, 2.24) is 10.3 Å². The van der Waals surface area contributed by atoms with Gasteiger partial charge in [0.25, 0.3) is 11.8 Å². The van der Waals surface area contributed by atoms with Crippen molar-refractivity contribution in [3.05, 3.63) is 81.2 Å². The highest BCUT2D eigenvalue weighted by Gasteiger charge is 2.30. The van der Waals surface area contributed by atoms with E-state index in [1.165, 1.54) is 20.3 Å². The molecular weight excluding hydrogens is 526 g/mol. The Hall–Kier alpha value is -3.73. The van der Waals surface area contributed by atoms with Crippen molar-refractivity contribution in [2.45, 2.75) is 6.17 Å². The van der Waals surface area contributed by atoms with Crippen molar-refractivity contribution in [2.24, 2.45) is 4.99 Å². The van der Waals surface area contributed by atoms with Crippen LogP contribution in [0.25, 0.3) is 0 Å². The van der Waals surface area contributed by atoms with Gasteiger partial charge in [-0.15, -0.1) is 0 Å². The van der Waals surface area contributed by atoms with Gasteiger partial charge in [-0.1, -0.05) is 41.4 Å². The number of nitrogens with zero attached hydrogens (tertiary/aromatic N) is 2. The molecule has 0 bridgehead atoms. The van der Waals surface area contributed by atoms with Crippen LogP contribution in [-0.2, 0) is 9.53 Å². The summed E-state index contributed by atoms with van der Waals surface area (Å²) in [5.74, 6) is -2.04. The zero-order valence-corrected chi connectivity index (χ0v) is 21.2. The van der Waals surface area contributed by atoms with Crippen LogP contribution in [0.2, 0.25) is 10.0 Å². The predicted octanol–water partition coefficient (Wildman–Crippen LogP) is 4.11. The molecule has 1 aliphatic rings. The Morgan fingerprint density at radius 2 is 1.95 bits per heavy atom. The van der Waals surface area contributed by atoms with Crippen molar-refractivity contribution in [2.75, 3.05) is 32.8 Å². The number of hydrogen-bond donors (Lipinski definition) is 2. The van der Waals surface area contributed by atoms with Gasteiger partial charge in [0.1, 0.15) is 23.7 Å². The number of methoxy groups -OCH3 is 2. The molecule has 37 heavy (non-hydrogen) atoms. The summed E-state index contributed by atoms with van der Waals surface area (Å²) in [4.78, 5) is 34.7. The van der Waals surface area contributed by atoms with E-state index in [0.29, 0.717) is 27.6 Å². The van der Waals surface area contributed by atoms with Crippen molar-refractivity contribution >= 4 is 46.4 Å². The normalized spacial score (nSPS) is 14.7. The van der Waals surface area contributed by atoms with Crippen molar-refractivity contribution in [3.63, 3.8) is 0 Å². The van der Waals surface area contributed by atoms with Crippen molar-refractivity contribution < 1.29 is 28.2 Å². The first kappa shape index (κ1) is 26.3. The molecule has 0 radical (unpaired) electrons.